The zero-order chi connectivity index (χ0) is 19.9. The lowest BCUT2D eigenvalue weighted by molar-refractivity contribution is -0.134. The lowest BCUT2D eigenvalue weighted by atomic mass is 10.1. The summed E-state index contributed by atoms with van der Waals surface area (Å²) in [7, 11) is 0. The number of halogens is 1. The molecule has 1 aliphatic heterocycles. The lowest BCUT2D eigenvalue weighted by Crippen LogP contribution is -2.46. The standard InChI is InChI=1S/C22H30N4O2S.HI/c27-21(17-5-1-2-6-17)26-12-10-18(16-26)25-22(24-15-20-8-4-14-29-20)23-11-9-19-7-3-13-28-19;/h3-4,7-8,13-14,17-18H,1-2,5-6,9-12,15-16H2,(H2,23,24,25);1H. The molecular weight excluding hydrogens is 511 g/mol. The van der Waals surface area contributed by atoms with Gasteiger partial charge in [-0.1, -0.05) is 18.9 Å². The van der Waals surface area contributed by atoms with E-state index < -0.39 is 0 Å². The SMILES string of the molecule is I.O=C(C1CCCC1)N1CCC(NC(=NCc2cccs2)NCCc2ccco2)C1. The summed E-state index contributed by atoms with van der Waals surface area (Å²) >= 11 is 1.72. The minimum absolute atomic E-state index is 0. The van der Waals surface area contributed by atoms with Gasteiger partial charge in [-0.25, -0.2) is 4.99 Å². The highest BCUT2D eigenvalue weighted by Gasteiger charge is 2.32. The molecule has 1 saturated heterocycles. The first-order valence-corrected chi connectivity index (χ1v) is 11.5. The summed E-state index contributed by atoms with van der Waals surface area (Å²) in [6, 6.07) is 8.30. The summed E-state index contributed by atoms with van der Waals surface area (Å²) in [6.45, 7) is 3.03. The highest BCUT2D eigenvalue weighted by atomic mass is 127. The normalized spacial score (nSPS) is 19.7. The monoisotopic (exact) mass is 542 g/mol. The van der Waals surface area contributed by atoms with E-state index in [1.54, 1.807) is 17.6 Å². The molecule has 6 nitrogen and oxygen atoms in total. The maximum absolute atomic E-state index is 12.7. The molecule has 1 amide bonds. The summed E-state index contributed by atoms with van der Waals surface area (Å²) in [4.78, 5) is 20.8. The van der Waals surface area contributed by atoms with Crippen molar-refractivity contribution in [2.24, 2.45) is 10.9 Å². The van der Waals surface area contributed by atoms with Crippen LogP contribution >= 0.6 is 35.3 Å². The maximum atomic E-state index is 12.7. The maximum Gasteiger partial charge on any atom is 0.225 e. The highest BCUT2D eigenvalue weighted by Crippen LogP contribution is 2.27. The van der Waals surface area contributed by atoms with Crippen molar-refractivity contribution in [1.29, 1.82) is 0 Å². The van der Waals surface area contributed by atoms with Gasteiger partial charge in [-0.15, -0.1) is 35.3 Å². The van der Waals surface area contributed by atoms with Crippen molar-refractivity contribution in [3.8, 4) is 0 Å². The second-order valence-electron chi connectivity index (χ2n) is 7.90. The first-order chi connectivity index (χ1) is 14.3. The number of hydrogen-bond donors (Lipinski definition) is 2. The number of amides is 1. The van der Waals surface area contributed by atoms with Crippen molar-refractivity contribution in [2.75, 3.05) is 19.6 Å². The molecule has 4 rings (SSSR count). The molecule has 1 unspecified atom stereocenters. The van der Waals surface area contributed by atoms with E-state index in [2.05, 4.69) is 28.1 Å². The Hall–Kier alpha value is -1.55. The molecule has 0 aromatic carbocycles. The van der Waals surface area contributed by atoms with Gasteiger partial charge in [0.05, 0.1) is 12.8 Å². The van der Waals surface area contributed by atoms with Crippen LogP contribution in [-0.4, -0.2) is 42.4 Å². The minimum atomic E-state index is 0. The molecule has 0 spiro atoms. The number of furan rings is 1. The van der Waals surface area contributed by atoms with Gasteiger partial charge in [0.15, 0.2) is 5.96 Å². The summed E-state index contributed by atoms with van der Waals surface area (Å²) in [6.07, 6.45) is 8.01. The fraction of sp³-hybridized carbons (Fsp3) is 0.545. The number of thiophene rings is 1. The van der Waals surface area contributed by atoms with Gasteiger partial charge in [-0.05, 0) is 42.8 Å². The molecule has 1 atom stereocenters. The highest BCUT2D eigenvalue weighted by molar-refractivity contribution is 14.0. The first-order valence-electron chi connectivity index (χ1n) is 10.7. The Morgan fingerprint density at radius 3 is 2.83 bits per heavy atom. The van der Waals surface area contributed by atoms with E-state index in [9.17, 15) is 4.79 Å². The van der Waals surface area contributed by atoms with E-state index in [-0.39, 0.29) is 35.9 Å². The average molecular weight is 542 g/mol. The summed E-state index contributed by atoms with van der Waals surface area (Å²) in [5.41, 5.74) is 0. The topological polar surface area (TPSA) is 69.9 Å². The Labute approximate surface area is 199 Å². The number of rotatable bonds is 7. The Morgan fingerprint density at radius 2 is 2.10 bits per heavy atom. The van der Waals surface area contributed by atoms with Crippen molar-refractivity contribution in [1.82, 2.24) is 15.5 Å². The fourth-order valence-electron chi connectivity index (χ4n) is 4.17. The smallest absolute Gasteiger partial charge is 0.225 e. The van der Waals surface area contributed by atoms with Crippen LogP contribution in [0.2, 0.25) is 0 Å². The largest absolute Gasteiger partial charge is 0.469 e. The Bertz CT molecular complexity index is 788. The van der Waals surface area contributed by atoms with Crippen LogP contribution in [-0.2, 0) is 17.8 Å². The third kappa shape index (κ3) is 6.47. The van der Waals surface area contributed by atoms with Gasteiger partial charge in [-0.2, -0.15) is 0 Å². The molecule has 2 fully saturated rings. The zero-order valence-corrected chi connectivity index (χ0v) is 20.4. The van der Waals surface area contributed by atoms with Crippen LogP contribution in [0.15, 0.2) is 45.3 Å². The van der Waals surface area contributed by atoms with E-state index in [0.717, 1.165) is 57.0 Å². The van der Waals surface area contributed by atoms with Gasteiger partial charge in [0.2, 0.25) is 5.91 Å². The predicted molar refractivity (Wildman–Crippen MR) is 131 cm³/mol. The van der Waals surface area contributed by atoms with Crippen LogP contribution in [0.25, 0.3) is 0 Å². The van der Waals surface area contributed by atoms with Gasteiger partial charge in [0.1, 0.15) is 5.76 Å². The number of likely N-dealkylation sites (tertiary alicyclic amines) is 1. The number of nitrogens with zero attached hydrogens (tertiary/aromatic N) is 2. The molecule has 164 valence electrons. The van der Waals surface area contributed by atoms with E-state index in [1.165, 1.54) is 17.7 Å². The molecule has 2 N–H and O–H groups in total. The number of aliphatic imine (C=N–C) groups is 1. The Kier molecular flexibility index (Phi) is 9.05. The van der Waals surface area contributed by atoms with E-state index >= 15 is 0 Å². The zero-order valence-electron chi connectivity index (χ0n) is 17.2. The predicted octanol–water partition coefficient (Wildman–Crippen LogP) is 4.03. The van der Waals surface area contributed by atoms with Crippen molar-refractivity contribution >= 4 is 47.2 Å². The van der Waals surface area contributed by atoms with E-state index in [1.807, 2.05) is 17.0 Å². The molecule has 1 aliphatic carbocycles. The van der Waals surface area contributed by atoms with Crippen molar-refractivity contribution in [2.45, 2.75) is 51.1 Å². The molecule has 2 aromatic heterocycles. The number of nitrogens with one attached hydrogen (secondary N) is 2. The molecule has 2 aromatic rings. The quantitative estimate of drug-likeness (QED) is 0.315. The minimum Gasteiger partial charge on any atom is -0.469 e. The first kappa shape index (κ1) is 23.1. The van der Waals surface area contributed by atoms with Crippen LogP contribution in [0, 0.1) is 5.92 Å². The molecule has 0 bridgehead atoms. The molecular formula is C22H31IN4O2S. The number of hydrogen-bond acceptors (Lipinski definition) is 4. The van der Waals surface area contributed by atoms with Crippen molar-refractivity contribution < 1.29 is 9.21 Å². The molecule has 8 heteroatoms. The molecule has 0 radical (unpaired) electrons. The van der Waals surface area contributed by atoms with Crippen LogP contribution in [0.1, 0.15) is 42.7 Å². The molecule has 3 heterocycles. The third-order valence-corrected chi connectivity index (χ3v) is 6.62. The summed E-state index contributed by atoms with van der Waals surface area (Å²) < 4.78 is 5.41. The molecule has 1 saturated carbocycles. The molecule has 2 aliphatic rings. The number of carbonyl (C=O) groups is 1. The fourth-order valence-corrected chi connectivity index (χ4v) is 4.80. The average Bonchev–Trinajstić information content (AvgIpc) is 3.54. The van der Waals surface area contributed by atoms with Gasteiger partial charge < -0.3 is 20.0 Å². The van der Waals surface area contributed by atoms with Gasteiger partial charge >= 0.3 is 0 Å². The van der Waals surface area contributed by atoms with Crippen LogP contribution in [0.5, 0.6) is 0 Å². The third-order valence-electron chi connectivity index (χ3n) is 5.76. The second-order valence-corrected chi connectivity index (χ2v) is 8.93. The van der Waals surface area contributed by atoms with E-state index in [0.29, 0.717) is 12.5 Å². The number of guanidine groups is 1. The Balaban J connectivity index is 0.00000256. The van der Waals surface area contributed by atoms with Crippen LogP contribution < -0.4 is 10.6 Å². The number of carbonyl (C=O) groups excluding carboxylic acids is 1. The van der Waals surface area contributed by atoms with Gasteiger partial charge in [-0.3, -0.25) is 4.79 Å². The second kappa shape index (κ2) is 11.7. The Morgan fingerprint density at radius 1 is 1.23 bits per heavy atom. The van der Waals surface area contributed by atoms with Gasteiger partial charge in [0.25, 0.3) is 0 Å². The molecule has 30 heavy (non-hydrogen) atoms. The van der Waals surface area contributed by atoms with Crippen molar-refractivity contribution in [3.05, 3.63) is 46.5 Å². The van der Waals surface area contributed by atoms with Crippen LogP contribution in [0.4, 0.5) is 0 Å². The lowest BCUT2D eigenvalue weighted by Gasteiger charge is -2.21. The van der Waals surface area contributed by atoms with Gasteiger partial charge in [0, 0.05) is 42.9 Å². The summed E-state index contributed by atoms with van der Waals surface area (Å²) in [5.74, 6) is 2.39. The van der Waals surface area contributed by atoms with Crippen molar-refractivity contribution in [3.63, 3.8) is 0 Å². The van der Waals surface area contributed by atoms with E-state index in [4.69, 9.17) is 9.41 Å². The summed E-state index contributed by atoms with van der Waals surface area (Å²) in [5, 5.41) is 9.05. The van der Waals surface area contributed by atoms with Crippen LogP contribution in [0.3, 0.4) is 0 Å².